The molecule has 0 unspecified atom stereocenters. The Balaban J connectivity index is 2.80. The van der Waals surface area contributed by atoms with Crippen LogP contribution in [-0.2, 0) is 0 Å². The predicted octanol–water partition coefficient (Wildman–Crippen LogP) is 6.57. The van der Waals surface area contributed by atoms with Gasteiger partial charge in [0.25, 0.3) is 0 Å². The van der Waals surface area contributed by atoms with Gasteiger partial charge in [-0.1, -0.05) is 41.5 Å². The van der Waals surface area contributed by atoms with Crippen molar-refractivity contribution in [2.45, 2.75) is 58.2 Å². The maximum absolute atomic E-state index is 14.1. The van der Waals surface area contributed by atoms with Crippen molar-refractivity contribution in [1.29, 1.82) is 0 Å². The van der Waals surface area contributed by atoms with Gasteiger partial charge < -0.3 is 4.23 Å². The zero-order valence-corrected chi connectivity index (χ0v) is 16.3. The first-order chi connectivity index (χ1) is 9.72. The van der Waals surface area contributed by atoms with E-state index in [0.29, 0.717) is 21.1 Å². The van der Waals surface area contributed by atoms with Crippen LogP contribution in [0, 0.1) is 5.82 Å². The normalized spacial score (nSPS) is 13.1. The fourth-order valence-electron chi connectivity index (χ4n) is 4.30. The molecule has 2 rings (SSSR count). The summed E-state index contributed by atoms with van der Waals surface area (Å²) in [4.78, 5) is 0. The third-order valence-electron chi connectivity index (χ3n) is 4.92. The minimum absolute atomic E-state index is 0.179. The third kappa shape index (κ3) is 2.50. The summed E-state index contributed by atoms with van der Waals surface area (Å²) in [5, 5.41) is 1.11. The van der Waals surface area contributed by atoms with Crippen molar-refractivity contribution in [2.75, 3.05) is 0 Å². The number of aromatic nitrogens is 1. The molecular formula is C17H25BrFNSi. The van der Waals surface area contributed by atoms with Crippen LogP contribution in [0.15, 0.2) is 28.9 Å². The van der Waals surface area contributed by atoms with Crippen LogP contribution in [-0.4, -0.2) is 12.5 Å². The summed E-state index contributed by atoms with van der Waals surface area (Å²) in [6.45, 7) is 14.0. The summed E-state index contributed by atoms with van der Waals surface area (Å²) in [5.41, 5.74) is 2.83. The molecule has 1 aromatic heterocycles. The number of hydrogen-bond acceptors (Lipinski definition) is 0. The molecule has 0 N–H and O–H groups in total. The Labute approximate surface area is 136 Å². The van der Waals surface area contributed by atoms with Gasteiger partial charge in [-0.2, -0.15) is 0 Å². The number of benzene rings is 1. The quantitative estimate of drug-likeness (QED) is 0.537. The first kappa shape index (κ1) is 16.8. The molecule has 1 heterocycles. The molecule has 0 aliphatic carbocycles. The second-order valence-electron chi connectivity index (χ2n) is 6.86. The molecule has 0 bridgehead atoms. The molecule has 0 fully saturated rings. The molecule has 0 spiro atoms. The summed E-state index contributed by atoms with van der Waals surface area (Å²) >= 11 is 3.29. The predicted molar refractivity (Wildman–Crippen MR) is 96.0 cm³/mol. The SMILES string of the molecule is CC(C)[Si](C(C)C)(C(C)C)n1ccc2cc(Br)c(F)cc21. The van der Waals surface area contributed by atoms with E-state index < -0.39 is 8.24 Å². The minimum atomic E-state index is -1.82. The lowest BCUT2D eigenvalue weighted by molar-refractivity contribution is 0.622. The molecule has 0 radical (unpaired) electrons. The van der Waals surface area contributed by atoms with E-state index >= 15 is 0 Å². The monoisotopic (exact) mass is 369 g/mol. The molecule has 21 heavy (non-hydrogen) atoms. The molecule has 0 amide bonds. The summed E-state index contributed by atoms with van der Waals surface area (Å²) in [7, 11) is -1.82. The highest BCUT2D eigenvalue weighted by Crippen LogP contribution is 2.44. The first-order valence-electron chi connectivity index (χ1n) is 7.69. The van der Waals surface area contributed by atoms with Crippen LogP contribution >= 0.6 is 15.9 Å². The van der Waals surface area contributed by atoms with Crippen molar-refractivity contribution in [3.8, 4) is 0 Å². The zero-order chi connectivity index (χ0) is 15.9. The summed E-state index contributed by atoms with van der Waals surface area (Å²) < 4.78 is 17.0. The van der Waals surface area contributed by atoms with E-state index in [2.05, 4.69) is 74.0 Å². The average Bonchev–Trinajstić information content (AvgIpc) is 2.73. The van der Waals surface area contributed by atoms with Gasteiger partial charge in [0, 0.05) is 10.9 Å². The Hall–Kier alpha value is -0.613. The Morgan fingerprint density at radius 2 is 1.52 bits per heavy atom. The van der Waals surface area contributed by atoms with Crippen molar-refractivity contribution in [2.24, 2.45) is 0 Å². The van der Waals surface area contributed by atoms with Gasteiger partial charge in [-0.05, 0) is 56.9 Å². The standard InChI is InChI=1S/C17H25BrFNSi/c1-11(2)21(12(3)4,13(5)6)20-8-7-14-9-15(18)16(19)10-17(14)20/h7-13H,1-6H3. The Morgan fingerprint density at radius 3 is 2.00 bits per heavy atom. The first-order valence-corrected chi connectivity index (χ1v) is 10.7. The zero-order valence-electron chi connectivity index (χ0n) is 13.7. The van der Waals surface area contributed by atoms with E-state index in [1.165, 1.54) is 0 Å². The highest BCUT2D eigenvalue weighted by Gasteiger charge is 2.45. The molecule has 1 nitrogen and oxygen atoms in total. The fourth-order valence-corrected chi connectivity index (χ4v) is 11.3. The Kier molecular flexibility index (Phi) is 4.69. The van der Waals surface area contributed by atoms with Gasteiger partial charge in [-0.3, -0.25) is 0 Å². The highest BCUT2D eigenvalue weighted by molar-refractivity contribution is 9.10. The van der Waals surface area contributed by atoms with Crippen LogP contribution in [0.4, 0.5) is 4.39 Å². The largest absolute Gasteiger partial charge is 0.373 e. The highest BCUT2D eigenvalue weighted by atomic mass is 79.9. The molecule has 2 aromatic rings. The molecule has 4 heteroatoms. The molecule has 1 aromatic carbocycles. The average molecular weight is 370 g/mol. The Morgan fingerprint density at radius 1 is 1.00 bits per heavy atom. The van der Waals surface area contributed by atoms with Gasteiger partial charge in [0.05, 0.1) is 4.47 Å². The van der Waals surface area contributed by atoms with Crippen molar-refractivity contribution >= 4 is 35.1 Å². The number of nitrogens with zero attached hydrogens (tertiary/aromatic N) is 1. The van der Waals surface area contributed by atoms with E-state index in [4.69, 9.17) is 0 Å². The maximum atomic E-state index is 14.1. The lowest BCUT2D eigenvalue weighted by Crippen LogP contribution is -2.51. The lowest BCUT2D eigenvalue weighted by atomic mass is 10.2. The Bertz CT molecular complexity index is 624. The van der Waals surface area contributed by atoms with Crippen LogP contribution in [0.25, 0.3) is 10.9 Å². The van der Waals surface area contributed by atoms with E-state index in [0.717, 1.165) is 10.9 Å². The molecule has 116 valence electrons. The van der Waals surface area contributed by atoms with Crippen molar-refractivity contribution in [3.05, 3.63) is 34.7 Å². The summed E-state index contributed by atoms with van der Waals surface area (Å²) in [6, 6.07) is 5.70. The van der Waals surface area contributed by atoms with Gasteiger partial charge in [-0.25, -0.2) is 4.39 Å². The van der Waals surface area contributed by atoms with Crippen molar-refractivity contribution in [1.82, 2.24) is 4.23 Å². The minimum Gasteiger partial charge on any atom is -0.373 e. The van der Waals surface area contributed by atoms with Gasteiger partial charge in [0.15, 0.2) is 8.24 Å². The van der Waals surface area contributed by atoms with Crippen LogP contribution in [0.2, 0.25) is 16.6 Å². The van der Waals surface area contributed by atoms with E-state index in [1.807, 2.05) is 6.07 Å². The molecule has 0 aliphatic heterocycles. The van der Waals surface area contributed by atoms with Crippen LogP contribution in [0.1, 0.15) is 41.5 Å². The van der Waals surface area contributed by atoms with Gasteiger partial charge in [0.2, 0.25) is 0 Å². The smallest absolute Gasteiger partial charge is 0.169 e. The van der Waals surface area contributed by atoms with Crippen LogP contribution in [0.5, 0.6) is 0 Å². The number of fused-ring (bicyclic) bond motifs is 1. The van der Waals surface area contributed by atoms with Crippen molar-refractivity contribution in [3.63, 3.8) is 0 Å². The molecule has 0 atom stereocenters. The maximum Gasteiger partial charge on any atom is 0.169 e. The molecule has 0 aliphatic rings. The molecule has 0 saturated heterocycles. The van der Waals surface area contributed by atoms with Crippen LogP contribution < -0.4 is 0 Å². The van der Waals surface area contributed by atoms with Gasteiger partial charge in [0.1, 0.15) is 5.82 Å². The fraction of sp³-hybridized carbons (Fsp3) is 0.529. The van der Waals surface area contributed by atoms with E-state index in [9.17, 15) is 4.39 Å². The molecule has 0 saturated carbocycles. The summed E-state index contributed by atoms with van der Waals surface area (Å²) in [5.74, 6) is -0.179. The van der Waals surface area contributed by atoms with E-state index in [-0.39, 0.29) is 5.82 Å². The number of hydrogen-bond donors (Lipinski definition) is 0. The second-order valence-corrected chi connectivity index (χ2v) is 13.4. The topological polar surface area (TPSA) is 4.93 Å². The van der Waals surface area contributed by atoms with E-state index in [1.54, 1.807) is 6.07 Å². The lowest BCUT2D eigenvalue weighted by Gasteiger charge is -2.44. The second kappa shape index (κ2) is 5.88. The van der Waals surface area contributed by atoms with Crippen LogP contribution in [0.3, 0.4) is 0 Å². The number of rotatable bonds is 4. The molecular weight excluding hydrogens is 345 g/mol. The van der Waals surface area contributed by atoms with Gasteiger partial charge in [-0.15, -0.1) is 0 Å². The van der Waals surface area contributed by atoms with Gasteiger partial charge >= 0.3 is 0 Å². The third-order valence-corrected chi connectivity index (χ3v) is 12.3. The number of halogens is 2. The summed E-state index contributed by atoms with van der Waals surface area (Å²) in [6.07, 6.45) is 2.18. The van der Waals surface area contributed by atoms with Crippen molar-refractivity contribution < 1.29 is 4.39 Å².